The minimum absolute atomic E-state index is 0.761. The van der Waals surface area contributed by atoms with Gasteiger partial charge in [-0.05, 0) is 44.0 Å². The molecule has 0 aliphatic carbocycles. The fourth-order valence-electron chi connectivity index (χ4n) is 1.80. The van der Waals surface area contributed by atoms with Crippen molar-refractivity contribution in [2.45, 2.75) is 13.3 Å². The number of nitrogens with zero attached hydrogens (tertiary/aromatic N) is 1. The second-order valence-electron chi connectivity index (χ2n) is 3.91. The van der Waals surface area contributed by atoms with E-state index in [0.29, 0.717) is 0 Å². The summed E-state index contributed by atoms with van der Waals surface area (Å²) in [5, 5.41) is 6.77. The van der Waals surface area contributed by atoms with E-state index in [2.05, 4.69) is 28.6 Å². The molecule has 0 spiro atoms. The maximum absolute atomic E-state index is 4.31. The van der Waals surface area contributed by atoms with Crippen LogP contribution in [0, 0.1) is 12.8 Å². The van der Waals surface area contributed by atoms with Crippen LogP contribution in [0.4, 0.5) is 5.82 Å². The number of hydrogen-bond acceptors (Lipinski definition) is 3. The maximum atomic E-state index is 4.31. The van der Waals surface area contributed by atoms with Gasteiger partial charge in [0.1, 0.15) is 5.82 Å². The summed E-state index contributed by atoms with van der Waals surface area (Å²) in [4.78, 5) is 4.31. The van der Waals surface area contributed by atoms with Crippen molar-refractivity contribution in [2.75, 3.05) is 25.0 Å². The average Bonchev–Trinajstić information content (AvgIpc) is 2.69. The van der Waals surface area contributed by atoms with Crippen LogP contribution in [0.3, 0.4) is 0 Å². The van der Waals surface area contributed by atoms with E-state index in [4.69, 9.17) is 0 Å². The van der Waals surface area contributed by atoms with Crippen LogP contribution in [0.2, 0.25) is 0 Å². The summed E-state index contributed by atoms with van der Waals surface area (Å²) in [6, 6.07) is 4.06. The number of hydrogen-bond donors (Lipinski definition) is 2. The highest BCUT2D eigenvalue weighted by Crippen LogP contribution is 2.12. The zero-order valence-corrected chi connectivity index (χ0v) is 8.59. The summed E-state index contributed by atoms with van der Waals surface area (Å²) in [5.41, 5.74) is 1.22. The third-order valence-electron chi connectivity index (χ3n) is 2.73. The first-order valence-electron chi connectivity index (χ1n) is 5.22. The molecule has 0 radical (unpaired) electrons. The highest BCUT2D eigenvalue weighted by Gasteiger charge is 2.13. The van der Waals surface area contributed by atoms with Gasteiger partial charge in [0.2, 0.25) is 0 Å². The molecule has 0 aromatic carbocycles. The Morgan fingerprint density at radius 1 is 1.64 bits per heavy atom. The Labute approximate surface area is 84.9 Å². The monoisotopic (exact) mass is 191 g/mol. The molecule has 1 aromatic heterocycles. The van der Waals surface area contributed by atoms with Gasteiger partial charge >= 0.3 is 0 Å². The zero-order valence-electron chi connectivity index (χ0n) is 8.59. The molecule has 76 valence electrons. The summed E-state index contributed by atoms with van der Waals surface area (Å²) < 4.78 is 0. The topological polar surface area (TPSA) is 37.0 Å². The predicted molar refractivity (Wildman–Crippen MR) is 58.4 cm³/mol. The Bertz CT molecular complexity index is 292. The van der Waals surface area contributed by atoms with E-state index in [1.54, 1.807) is 0 Å². The molecule has 1 aliphatic heterocycles. The zero-order chi connectivity index (χ0) is 9.80. The standard InChI is InChI=1S/C11H17N3/c1-9-3-2-5-13-11(9)14-8-10-4-6-12-7-10/h2-3,5,10,12H,4,6-8H2,1H3,(H,13,14). The van der Waals surface area contributed by atoms with Crippen molar-refractivity contribution in [2.24, 2.45) is 5.92 Å². The molecule has 2 N–H and O–H groups in total. The molecule has 0 amide bonds. The van der Waals surface area contributed by atoms with Crippen LogP contribution in [-0.4, -0.2) is 24.6 Å². The van der Waals surface area contributed by atoms with Gasteiger partial charge in [-0.25, -0.2) is 4.98 Å². The first-order valence-corrected chi connectivity index (χ1v) is 5.22. The molecule has 1 saturated heterocycles. The van der Waals surface area contributed by atoms with Crippen molar-refractivity contribution in [1.29, 1.82) is 0 Å². The Hall–Kier alpha value is -1.09. The predicted octanol–water partition coefficient (Wildman–Crippen LogP) is 1.41. The van der Waals surface area contributed by atoms with E-state index in [1.165, 1.54) is 12.0 Å². The van der Waals surface area contributed by atoms with E-state index in [1.807, 2.05) is 12.3 Å². The van der Waals surface area contributed by atoms with Crippen LogP contribution in [0.25, 0.3) is 0 Å². The first-order chi connectivity index (χ1) is 6.86. The Morgan fingerprint density at radius 3 is 3.29 bits per heavy atom. The van der Waals surface area contributed by atoms with E-state index in [-0.39, 0.29) is 0 Å². The number of nitrogens with one attached hydrogen (secondary N) is 2. The smallest absolute Gasteiger partial charge is 0.128 e. The molecular formula is C11H17N3. The van der Waals surface area contributed by atoms with Gasteiger partial charge in [-0.15, -0.1) is 0 Å². The van der Waals surface area contributed by atoms with Crippen LogP contribution in [0.5, 0.6) is 0 Å². The molecule has 1 aliphatic rings. The number of pyridine rings is 1. The lowest BCUT2D eigenvalue weighted by molar-refractivity contribution is 0.614. The van der Waals surface area contributed by atoms with Crippen LogP contribution in [0.1, 0.15) is 12.0 Å². The Kier molecular flexibility index (Phi) is 2.99. The fourth-order valence-corrected chi connectivity index (χ4v) is 1.80. The van der Waals surface area contributed by atoms with Gasteiger partial charge in [-0.3, -0.25) is 0 Å². The SMILES string of the molecule is Cc1cccnc1NCC1CCNC1. The number of aromatic nitrogens is 1. The molecule has 1 atom stereocenters. The van der Waals surface area contributed by atoms with E-state index >= 15 is 0 Å². The summed E-state index contributed by atoms with van der Waals surface area (Å²) in [7, 11) is 0. The van der Waals surface area contributed by atoms with Gasteiger partial charge in [0.05, 0.1) is 0 Å². The van der Waals surface area contributed by atoms with Crippen molar-refractivity contribution in [3.8, 4) is 0 Å². The minimum Gasteiger partial charge on any atom is -0.370 e. The van der Waals surface area contributed by atoms with Crippen molar-refractivity contribution < 1.29 is 0 Å². The normalized spacial score (nSPS) is 21.1. The fraction of sp³-hybridized carbons (Fsp3) is 0.545. The third kappa shape index (κ3) is 2.23. The summed E-state index contributed by atoms with van der Waals surface area (Å²) in [6.45, 7) is 5.42. The van der Waals surface area contributed by atoms with E-state index in [0.717, 1.165) is 31.4 Å². The number of anilines is 1. The lowest BCUT2D eigenvalue weighted by Crippen LogP contribution is -2.18. The van der Waals surface area contributed by atoms with Gasteiger partial charge in [0.15, 0.2) is 0 Å². The molecule has 3 nitrogen and oxygen atoms in total. The maximum Gasteiger partial charge on any atom is 0.128 e. The van der Waals surface area contributed by atoms with Crippen LogP contribution >= 0.6 is 0 Å². The molecule has 2 rings (SSSR count). The summed E-state index contributed by atoms with van der Waals surface area (Å²) in [6.07, 6.45) is 3.11. The number of rotatable bonds is 3. The van der Waals surface area contributed by atoms with Crippen LogP contribution in [0.15, 0.2) is 18.3 Å². The summed E-state index contributed by atoms with van der Waals surface area (Å²) >= 11 is 0. The van der Waals surface area contributed by atoms with E-state index in [9.17, 15) is 0 Å². The van der Waals surface area contributed by atoms with Gasteiger partial charge in [0.25, 0.3) is 0 Å². The van der Waals surface area contributed by atoms with Gasteiger partial charge in [-0.2, -0.15) is 0 Å². The molecule has 1 fully saturated rings. The highest BCUT2D eigenvalue weighted by atomic mass is 15.0. The Balaban J connectivity index is 1.88. The average molecular weight is 191 g/mol. The molecule has 2 heterocycles. The molecule has 1 aromatic rings. The lowest BCUT2D eigenvalue weighted by atomic mass is 10.1. The third-order valence-corrected chi connectivity index (χ3v) is 2.73. The second kappa shape index (κ2) is 4.42. The minimum atomic E-state index is 0.761. The quantitative estimate of drug-likeness (QED) is 0.758. The molecule has 0 saturated carbocycles. The lowest BCUT2D eigenvalue weighted by Gasteiger charge is -2.11. The molecular weight excluding hydrogens is 174 g/mol. The highest BCUT2D eigenvalue weighted by molar-refractivity contribution is 5.42. The van der Waals surface area contributed by atoms with Crippen molar-refractivity contribution in [1.82, 2.24) is 10.3 Å². The van der Waals surface area contributed by atoms with Gasteiger partial charge < -0.3 is 10.6 Å². The van der Waals surface area contributed by atoms with E-state index < -0.39 is 0 Å². The molecule has 1 unspecified atom stereocenters. The van der Waals surface area contributed by atoms with Gasteiger partial charge in [0, 0.05) is 12.7 Å². The van der Waals surface area contributed by atoms with Crippen molar-refractivity contribution in [3.05, 3.63) is 23.9 Å². The van der Waals surface area contributed by atoms with Gasteiger partial charge in [-0.1, -0.05) is 6.07 Å². The first kappa shape index (κ1) is 9.46. The largest absolute Gasteiger partial charge is 0.370 e. The van der Waals surface area contributed by atoms with Crippen molar-refractivity contribution >= 4 is 5.82 Å². The van der Waals surface area contributed by atoms with Crippen LogP contribution < -0.4 is 10.6 Å². The molecule has 0 bridgehead atoms. The molecule has 14 heavy (non-hydrogen) atoms. The second-order valence-corrected chi connectivity index (χ2v) is 3.91. The summed E-state index contributed by atoms with van der Waals surface area (Å²) in [5.74, 6) is 1.79. The Morgan fingerprint density at radius 2 is 2.57 bits per heavy atom. The molecule has 3 heteroatoms. The van der Waals surface area contributed by atoms with Crippen LogP contribution in [-0.2, 0) is 0 Å². The van der Waals surface area contributed by atoms with Crippen molar-refractivity contribution in [3.63, 3.8) is 0 Å². The number of aryl methyl sites for hydroxylation is 1.